The molecule has 3 unspecified atom stereocenters. The van der Waals surface area contributed by atoms with Gasteiger partial charge < -0.3 is 14.6 Å². The molecule has 0 bridgehead atoms. The molecule has 0 radical (unpaired) electrons. The number of rotatable bonds is 6. The van der Waals surface area contributed by atoms with Crippen LogP contribution in [-0.2, 0) is 4.74 Å². The predicted molar refractivity (Wildman–Crippen MR) is 165 cm³/mol. The van der Waals surface area contributed by atoms with Gasteiger partial charge in [-0.3, -0.25) is 9.88 Å². The molecule has 0 aliphatic heterocycles. The Morgan fingerprint density at radius 1 is 1.07 bits per heavy atom. The number of aliphatic hydroxyl groups is 1. The summed E-state index contributed by atoms with van der Waals surface area (Å²) in [6.45, 7) is 15.6. The summed E-state index contributed by atoms with van der Waals surface area (Å²) in [5.74, 6) is 0.210. The van der Waals surface area contributed by atoms with Crippen molar-refractivity contribution in [3.8, 4) is 6.01 Å². The first-order valence-corrected chi connectivity index (χ1v) is 15.8. The zero-order valence-electron chi connectivity index (χ0n) is 27.1. The number of nitrogens with one attached hydrogen (secondary N) is 1. The highest BCUT2D eigenvalue weighted by atomic mass is 35.5. The average Bonchev–Trinajstić information content (AvgIpc) is 3.23. The summed E-state index contributed by atoms with van der Waals surface area (Å²) in [4.78, 5) is 37.0. The summed E-state index contributed by atoms with van der Waals surface area (Å²) in [7, 11) is 4.88. The van der Waals surface area contributed by atoms with E-state index in [1.807, 2.05) is 0 Å². The fourth-order valence-electron chi connectivity index (χ4n) is 7.28. The van der Waals surface area contributed by atoms with Crippen LogP contribution in [0.25, 0.3) is 5.65 Å². The maximum atomic E-state index is 14.6. The van der Waals surface area contributed by atoms with Gasteiger partial charge in [-0.05, 0) is 80.8 Å². The predicted octanol–water partition coefficient (Wildman–Crippen LogP) is 6.13. The number of halogens is 1. The lowest BCUT2D eigenvalue weighted by Crippen LogP contribution is -2.49. The Hall–Kier alpha value is -2.10. The molecule has 2 aliphatic rings. The molecular weight excluding hydrogens is 556 g/mol. The van der Waals surface area contributed by atoms with Crippen LogP contribution in [0.5, 0.6) is 6.01 Å². The van der Waals surface area contributed by atoms with Crippen LogP contribution in [0.2, 0.25) is 0 Å². The number of hydrogen-bond donors (Lipinski definition) is 2. The molecule has 2 fully saturated rings. The van der Waals surface area contributed by atoms with Crippen molar-refractivity contribution in [1.82, 2.24) is 19.3 Å². The minimum atomic E-state index is -1.15. The molecule has 2 saturated carbocycles. The molecule has 2 heterocycles. The summed E-state index contributed by atoms with van der Waals surface area (Å²) in [6, 6.07) is -0.00686. The van der Waals surface area contributed by atoms with Crippen molar-refractivity contribution in [2.24, 2.45) is 28.6 Å². The number of aromatic nitrogens is 3. The molecule has 2 N–H and O–H groups in total. The van der Waals surface area contributed by atoms with Crippen LogP contribution in [0.4, 0.5) is 0 Å². The van der Waals surface area contributed by atoms with Gasteiger partial charge in [-0.25, -0.2) is 14.0 Å². The maximum Gasteiger partial charge on any atom is 0.342 e. The SMILES string of the molecule is COc1nc2c(C(=O)OC3C(C(C)(C)C)CC(C)CC3C(C)(C)C)c(C3CCC(Cl)CC3)c(C(O)N(C)C)n2c(=O)[nH]1. The van der Waals surface area contributed by atoms with E-state index in [-0.39, 0.29) is 57.3 Å². The summed E-state index contributed by atoms with van der Waals surface area (Å²) in [6.07, 6.45) is 3.46. The highest BCUT2D eigenvalue weighted by Crippen LogP contribution is 2.50. The molecular formula is C32H51ClN4O5. The number of H-pyrrole nitrogens is 1. The van der Waals surface area contributed by atoms with E-state index < -0.39 is 17.9 Å². The smallest absolute Gasteiger partial charge is 0.342 e. The van der Waals surface area contributed by atoms with Gasteiger partial charge in [0.1, 0.15) is 17.9 Å². The second-order valence-electron chi connectivity index (χ2n) is 15.1. The van der Waals surface area contributed by atoms with Crippen molar-refractivity contribution >= 4 is 23.2 Å². The molecule has 236 valence electrons. The molecule has 0 aromatic carbocycles. The standard InChI is InChI=1S/C32H51ClN4O5/c1-17-15-20(31(2,3)4)25(21(16-17)32(5,6)7)42-28(39)23-22(18-11-13-19(33)14-12-18)24(27(38)36(8)9)37-26(23)34-29(41-10)35-30(37)40/h17-21,25,27,38H,11-16H2,1-10H3,(H,34,35,40). The summed E-state index contributed by atoms with van der Waals surface area (Å²) in [5.41, 5.74) is 0.645. The maximum absolute atomic E-state index is 14.6. The highest BCUT2D eigenvalue weighted by molar-refractivity contribution is 6.20. The molecule has 0 amide bonds. The number of methoxy groups -OCH3 is 1. The van der Waals surface area contributed by atoms with Crippen molar-refractivity contribution in [2.45, 2.75) is 111 Å². The zero-order valence-corrected chi connectivity index (χ0v) is 27.8. The van der Waals surface area contributed by atoms with E-state index in [4.69, 9.17) is 21.1 Å². The van der Waals surface area contributed by atoms with Crippen LogP contribution >= 0.6 is 11.6 Å². The Morgan fingerprint density at radius 2 is 1.62 bits per heavy atom. The minimum absolute atomic E-state index is 0.00686. The summed E-state index contributed by atoms with van der Waals surface area (Å²) >= 11 is 6.49. The monoisotopic (exact) mass is 606 g/mol. The lowest BCUT2D eigenvalue weighted by molar-refractivity contribution is -0.0923. The Kier molecular flexibility index (Phi) is 9.47. The fourth-order valence-corrected chi connectivity index (χ4v) is 7.53. The summed E-state index contributed by atoms with van der Waals surface area (Å²) in [5, 5.41) is 11.5. The average molecular weight is 607 g/mol. The number of aliphatic hydroxyl groups excluding tert-OH is 1. The van der Waals surface area contributed by atoms with Crippen LogP contribution in [0.3, 0.4) is 0 Å². The van der Waals surface area contributed by atoms with E-state index in [2.05, 4.69) is 58.4 Å². The van der Waals surface area contributed by atoms with E-state index in [1.165, 1.54) is 11.5 Å². The largest absolute Gasteiger partial charge is 0.468 e. The number of esters is 1. The first kappa shape index (κ1) is 32.8. The fraction of sp³-hybridized carbons (Fsp3) is 0.781. The highest BCUT2D eigenvalue weighted by Gasteiger charge is 2.49. The van der Waals surface area contributed by atoms with Crippen LogP contribution < -0.4 is 10.4 Å². The summed E-state index contributed by atoms with van der Waals surface area (Å²) < 4.78 is 13.3. The number of aromatic amines is 1. The number of carbonyl (C=O) groups excluding carboxylic acids is 1. The third-order valence-corrected chi connectivity index (χ3v) is 10.1. The molecule has 10 heteroatoms. The van der Waals surface area contributed by atoms with Crippen molar-refractivity contribution in [3.63, 3.8) is 0 Å². The quantitative estimate of drug-likeness (QED) is 0.231. The Bertz CT molecular complexity index is 1310. The minimum Gasteiger partial charge on any atom is -0.468 e. The second-order valence-corrected chi connectivity index (χ2v) is 15.7. The van der Waals surface area contributed by atoms with Crippen LogP contribution in [0.1, 0.15) is 121 Å². The number of hydrogen-bond acceptors (Lipinski definition) is 7. The number of fused-ring (bicyclic) bond motifs is 1. The van der Waals surface area contributed by atoms with Crippen molar-refractivity contribution in [1.29, 1.82) is 0 Å². The van der Waals surface area contributed by atoms with Crippen LogP contribution in [0, 0.1) is 28.6 Å². The van der Waals surface area contributed by atoms with Gasteiger partial charge in [0.05, 0.1) is 12.8 Å². The molecule has 4 rings (SSSR count). The van der Waals surface area contributed by atoms with E-state index >= 15 is 0 Å². The van der Waals surface area contributed by atoms with Gasteiger partial charge in [-0.15, -0.1) is 11.6 Å². The molecule has 2 aliphatic carbocycles. The molecule has 2 aromatic rings. The van der Waals surface area contributed by atoms with E-state index in [0.29, 0.717) is 17.2 Å². The topological polar surface area (TPSA) is 109 Å². The normalized spacial score (nSPS) is 28.2. The molecule has 0 spiro atoms. The van der Waals surface area contributed by atoms with Crippen molar-refractivity contribution in [2.75, 3.05) is 21.2 Å². The van der Waals surface area contributed by atoms with Crippen LogP contribution in [0.15, 0.2) is 4.79 Å². The van der Waals surface area contributed by atoms with Gasteiger partial charge in [0.15, 0.2) is 5.65 Å². The number of alkyl halides is 1. The molecule has 42 heavy (non-hydrogen) atoms. The van der Waals surface area contributed by atoms with Crippen molar-refractivity contribution in [3.05, 3.63) is 27.3 Å². The molecule has 2 aromatic heterocycles. The van der Waals surface area contributed by atoms with Gasteiger partial charge in [0, 0.05) is 17.2 Å². The number of ether oxygens (including phenoxy) is 2. The third kappa shape index (κ3) is 6.39. The lowest BCUT2D eigenvalue weighted by atomic mass is 9.59. The Morgan fingerprint density at radius 3 is 2.10 bits per heavy atom. The number of nitrogens with zero attached hydrogens (tertiary/aromatic N) is 3. The van der Waals surface area contributed by atoms with Crippen molar-refractivity contribution < 1.29 is 19.4 Å². The van der Waals surface area contributed by atoms with Gasteiger partial charge in [0.25, 0.3) is 6.01 Å². The lowest BCUT2D eigenvalue weighted by Gasteiger charge is -2.50. The molecule has 3 atom stereocenters. The van der Waals surface area contributed by atoms with Gasteiger partial charge in [-0.1, -0.05) is 48.5 Å². The molecule has 9 nitrogen and oxygen atoms in total. The Balaban J connectivity index is 1.96. The van der Waals surface area contributed by atoms with Crippen LogP contribution in [-0.4, -0.2) is 63.0 Å². The van der Waals surface area contributed by atoms with E-state index in [0.717, 1.165) is 38.5 Å². The van der Waals surface area contributed by atoms with E-state index in [1.54, 1.807) is 19.0 Å². The van der Waals surface area contributed by atoms with Gasteiger partial charge in [0.2, 0.25) is 0 Å². The third-order valence-electron chi connectivity index (χ3n) is 9.62. The van der Waals surface area contributed by atoms with Gasteiger partial charge in [-0.2, -0.15) is 4.98 Å². The van der Waals surface area contributed by atoms with E-state index in [9.17, 15) is 14.7 Å². The Labute approximate surface area is 255 Å². The first-order valence-electron chi connectivity index (χ1n) is 15.4. The first-order chi connectivity index (χ1) is 19.4. The zero-order chi connectivity index (χ0) is 31.3. The van der Waals surface area contributed by atoms with Gasteiger partial charge >= 0.3 is 11.7 Å². The number of carbonyl (C=O) groups is 1. The molecule has 0 saturated heterocycles. The second kappa shape index (κ2) is 12.1.